The van der Waals surface area contributed by atoms with Gasteiger partial charge in [0.2, 0.25) is 0 Å². The van der Waals surface area contributed by atoms with Gasteiger partial charge >= 0.3 is 0 Å². The summed E-state index contributed by atoms with van der Waals surface area (Å²) in [7, 11) is 0. The highest BCUT2D eigenvalue weighted by atomic mass is 16.5. The van der Waals surface area contributed by atoms with Crippen molar-refractivity contribution in [3.05, 3.63) is 35.4 Å². The van der Waals surface area contributed by atoms with E-state index in [1.807, 2.05) is 49.9 Å². The average molecular weight is 405 g/mol. The summed E-state index contributed by atoms with van der Waals surface area (Å²) in [5.41, 5.74) is 1.80. The zero-order chi connectivity index (χ0) is 21.6. The third-order valence-electron chi connectivity index (χ3n) is 4.86. The van der Waals surface area contributed by atoms with Gasteiger partial charge < -0.3 is 20.3 Å². The fourth-order valence-corrected chi connectivity index (χ4v) is 3.11. The van der Waals surface area contributed by atoms with E-state index < -0.39 is 0 Å². The lowest BCUT2D eigenvalue weighted by Gasteiger charge is -2.21. The molecule has 1 atom stereocenters. The summed E-state index contributed by atoms with van der Waals surface area (Å²) in [4.78, 5) is 18.9. The normalized spacial score (nSPS) is 12.7. The topological polar surface area (TPSA) is 66.0 Å². The monoisotopic (exact) mass is 404 g/mol. The molecule has 1 amide bonds. The number of nitrogens with one attached hydrogen (secondary N) is 2. The molecule has 0 fully saturated rings. The molecule has 0 aliphatic rings. The van der Waals surface area contributed by atoms with Gasteiger partial charge in [0, 0.05) is 38.3 Å². The van der Waals surface area contributed by atoms with E-state index in [-0.39, 0.29) is 12.0 Å². The first-order chi connectivity index (χ1) is 14.0. The van der Waals surface area contributed by atoms with Gasteiger partial charge in [-0.1, -0.05) is 26.0 Å². The smallest absolute Gasteiger partial charge is 0.253 e. The Morgan fingerprint density at radius 3 is 2.24 bits per heavy atom. The molecule has 6 nitrogen and oxygen atoms in total. The lowest BCUT2D eigenvalue weighted by atomic mass is 10.0. The second-order valence-corrected chi connectivity index (χ2v) is 7.32. The number of carbonyl (C=O) groups excluding carboxylic acids is 1. The van der Waals surface area contributed by atoms with Crippen LogP contribution in [0.3, 0.4) is 0 Å². The summed E-state index contributed by atoms with van der Waals surface area (Å²) in [6.45, 7) is 16.8. The maximum Gasteiger partial charge on any atom is 0.253 e. The number of nitrogens with zero attached hydrogens (tertiary/aromatic N) is 2. The Labute approximate surface area is 177 Å². The van der Waals surface area contributed by atoms with Gasteiger partial charge in [0.25, 0.3) is 5.91 Å². The van der Waals surface area contributed by atoms with Crippen LogP contribution in [-0.2, 0) is 11.3 Å². The van der Waals surface area contributed by atoms with E-state index in [4.69, 9.17) is 4.74 Å². The van der Waals surface area contributed by atoms with Crippen molar-refractivity contribution in [3.63, 3.8) is 0 Å². The number of ether oxygens (including phenoxy) is 1. The Morgan fingerprint density at radius 2 is 1.72 bits per heavy atom. The fraction of sp³-hybridized carbons (Fsp3) is 0.652. The van der Waals surface area contributed by atoms with Crippen LogP contribution in [0.4, 0.5) is 0 Å². The first-order valence-electron chi connectivity index (χ1n) is 11.0. The summed E-state index contributed by atoms with van der Waals surface area (Å²) in [6.07, 6.45) is 1.20. The van der Waals surface area contributed by atoms with Crippen molar-refractivity contribution in [1.82, 2.24) is 15.5 Å². The van der Waals surface area contributed by atoms with Gasteiger partial charge in [-0.3, -0.25) is 4.79 Å². The molecule has 29 heavy (non-hydrogen) atoms. The average Bonchev–Trinajstić information content (AvgIpc) is 2.72. The van der Waals surface area contributed by atoms with Crippen LogP contribution in [0, 0.1) is 5.92 Å². The molecule has 0 aliphatic carbocycles. The molecule has 0 bridgehead atoms. The van der Waals surface area contributed by atoms with Gasteiger partial charge in [-0.2, -0.15) is 0 Å². The van der Waals surface area contributed by atoms with Crippen LogP contribution in [0.5, 0.6) is 0 Å². The minimum Gasteiger partial charge on any atom is -0.378 e. The predicted molar refractivity (Wildman–Crippen MR) is 121 cm³/mol. The summed E-state index contributed by atoms with van der Waals surface area (Å²) in [5.74, 6) is 1.37. The molecule has 0 spiro atoms. The Bertz CT molecular complexity index is 610. The molecule has 1 aromatic carbocycles. The van der Waals surface area contributed by atoms with Crippen LogP contribution in [0.1, 0.15) is 63.9 Å². The van der Waals surface area contributed by atoms with E-state index in [1.54, 1.807) is 0 Å². The van der Waals surface area contributed by atoms with Gasteiger partial charge in [0.15, 0.2) is 5.96 Å². The number of aliphatic imine (C=N–C) groups is 1. The zero-order valence-electron chi connectivity index (χ0n) is 19.1. The number of carbonyl (C=O) groups is 1. The number of amides is 1. The molecule has 1 unspecified atom stereocenters. The second-order valence-electron chi connectivity index (χ2n) is 7.32. The van der Waals surface area contributed by atoms with Gasteiger partial charge in [-0.25, -0.2) is 4.99 Å². The van der Waals surface area contributed by atoms with Crippen molar-refractivity contribution in [1.29, 1.82) is 0 Å². The molecule has 0 saturated heterocycles. The highest BCUT2D eigenvalue weighted by molar-refractivity contribution is 5.94. The Morgan fingerprint density at radius 1 is 1.07 bits per heavy atom. The molecule has 1 aromatic rings. The molecule has 0 aromatic heterocycles. The van der Waals surface area contributed by atoms with Crippen molar-refractivity contribution in [2.24, 2.45) is 10.9 Å². The summed E-state index contributed by atoms with van der Waals surface area (Å²) in [6, 6.07) is 7.74. The van der Waals surface area contributed by atoms with E-state index in [0.717, 1.165) is 56.3 Å². The summed E-state index contributed by atoms with van der Waals surface area (Å²) < 4.78 is 5.81. The maximum atomic E-state index is 12.4. The zero-order valence-corrected chi connectivity index (χ0v) is 19.1. The highest BCUT2D eigenvalue weighted by Gasteiger charge is 2.13. The quantitative estimate of drug-likeness (QED) is 0.412. The van der Waals surface area contributed by atoms with Crippen molar-refractivity contribution in [3.8, 4) is 0 Å². The Kier molecular flexibility index (Phi) is 12.0. The van der Waals surface area contributed by atoms with Crippen molar-refractivity contribution in [2.45, 2.75) is 60.6 Å². The molecule has 0 radical (unpaired) electrons. The van der Waals surface area contributed by atoms with E-state index in [9.17, 15) is 4.79 Å². The third-order valence-corrected chi connectivity index (χ3v) is 4.86. The first-order valence-corrected chi connectivity index (χ1v) is 11.0. The van der Waals surface area contributed by atoms with Gasteiger partial charge in [-0.05, 0) is 57.7 Å². The largest absolute Gasteiger partial charge is 0.378 e. The van der Waals surface area contributed by atoms with Crippen molar-refractivity contribution < 1.29 is 9.53 Å². The number of benzene rings is 1. The first kappa shape index (κ1) is 25.0. The van der Waals surface area contributed by atoms with Gasteiger partial charge in [0.05, 0.1) is 12.6 Å². The maximum absolute atomic E-state index is 12.4. The molecule has 0 saturated carbocycles. The minimum atomic E-state index is 0.0778. The third kappa shape index (κ3) is 8.86. The molecule has 0 heterocycles. The second kappa shape index (κ2) is 14.0. The van der Waals surface area contributed by atoms with Crippen LogP contribution < -0.4 is 10.6 Å². The molecular formula is C23H40N4O2. The predicted octanol–water partition coefficient (Wildman–Crippen LogP) is 3.67. The van der Waals surface area contributed by atoms with E-state index >= 15 is 0 Å². The molecule has 2 N–H and O–H groups in total. The number of rotatable bonds is 12. The van der Waals surface area contributed by atoms with E-state index in [2.05, 4.69) is 36.4 Å². The standard InChI is InChI=1S/C23H40N4O2/c1-7-24-23(25-16-15-21(18(5)6)29-10-4)26-17-19-11-13-20(14-12-19)22(28)27(8-2)9-3/h11-14,18,21H,7-10,15-17H2,1-6H3,(H2,24,25,26). The lowest BCUT2D eigenvalue weighted by molar-refractivity contribution is 0.0258. The Hall–Kier alpha value is -2.08. The van der Waals surface area contributed by atoms with Crippen LogP contribution >= 0.6 is 0 Å². The summed E-state index contributed by atoms with van der Waals surface area (Å²) in [5, 5.41) is 6.68. The van der Waals surface area contributed by atoms with Crippen LogP contribution in [-0.4, -0.2) is 55.7 Å². The lowest BCUT2D eigenvalue weighted by Crippen LogP contribution is -2.39. The molecule has 1 rings (SSSR count). The van der Waals surface area contributed by atoms with Crippen LogP contribution in [0.25, 0.3) is 0 Å². The van der Waals surface area contributed by atoms with Gasteiger partial charge in [0.1, 0.15) is 0 Å². The fourth-order valence-electron chi connectivity index (χ4n) is 3.11. The van der Waals surface area contributed by atoms with Crippen LogP contribution in [0.2, 0.25) is 0 Å². The number of hydrogen-bond acceptors (Lipinski definition) is 3. The number of hydrogen-bond donors (Lipinski definition) is 2. The van der Waals surface area contributed by atoms with E-state index in [1.165, 1.54) is 0 Å². The van der Waals surface area contributed by atoms with Gasteiger partial charge in [-0.15, -0.1) is 0 Å². The summed E-state index contributed by atoms with van der Waals surface area (Å²) >= 11 is 0. The van der Waals surface area contributed by atoms with E-state index in [0.29, 0.717) is 12.5 Å². The molecular weight excluding hydrogens is 364 g/mol. The SMILES string of the molecule is CCNC(=NCc1ccc(C(=O)N(CC)CC)cc1)NCCC(OCC)C(C)C. The molecule has 0 aliphatic heterocycles. The van der Waals surface area contributed by atoms with Crippen LogP contribution in [0.15, 0.2) is 29.3 Å². The van der Waals surface area contributed by atoms with Crippen molar-refractivity contribution >= 4 is 11.9 Å². The Balaban J connectivity index is 2.65. The molecule has 164 valence electrons. The van der Waals surface area contributed by atoms with Crippen molar-refractivity contribution in [2.75, 3.05) is 32.8 Å². The molecule has 6 heteroatoms. The number of guanidine groups is 1. The minimum absolute atomic E-state index is 0.0778. The highest BCUT2D eigenvalue weighted by Crippen LogP contribution is 2.10.